The highest BCUT2D eigenvalue weighted by atomic mass is 16.3. The fourth-order valence-corrected chi connectivity index (χ4v) is 8.86. The number of furan rings is 1. The second kappa shape index (κ2) is 14.7. The van der Waals surface area contributed by atoms with E-state index in [1.807, 2.05) is 36.4 Å². The molecule has 0 bridgehead atoms. The third kappa shape index (κ3) is 6.14. The summed E-state index contributed by atoms with van der Waals surface area (Å²) in [6, 6.07) is 76.4. The van der Waals surface area contributed by atoms with Gasteiger partial charge in [-0.1, -0.05) is 170 Å². The normalized spacial score (nSPS) is 11.5. The van der Waals surface area contributed by atoms with Crippen LogP contribution in [-0.4, -0.2) is 19.5 Å². The molecule has 62 heavy (non-hydrogen) atoms. The molecule has 0 radical (unpaired) electrons. The van der Waals surface area contributed by atoms with Crippen molar-refractivity contribution in [3.05, 3.63) is 218 Å². The molecule has 0 saturated carbocycles. The first-order valence-corrected chi connectivity index (χ1v) is 20.8. The van der Waals surface area contributed by atoms with Crippen molar-refractivity contribution in [3.63, 3.8) is 0 Å². The number of hydrogen-bond acceptors (Lipinski definition) is 4. The number of aromatic nitrogens is 4. The average Bonchev–Trinajstić information content (AvgIpc) is 3.89. The van der Waals surface area contributed by atoms with Gasteiger partial charge in [0.05, 0.1) is 11.0 Å². The molecule has 0 amide bonds. The van der Waals surface area contributed by atoms with Crippen LogP contribution in [0.5, 0.6) is 0 Å². The summed E-state index contributed by atoms with van der Waals surface area (Å²) in [5.74, 6) is 1.82. The van der Waals surface area contributed by atoms with E-state index in [1.165, 1.54) is 5.56 Å². The maximum absolute atomic E-state index is 6.48. The Morgan fingerprint density at radius 2 is 0.806 bits per heavy atom. The van der Waals surface area contributed by atoms with Crippen LogP contribution in [0.1, 0.15) is 0 Å². The van der Waals surface area contributed by atoms with Gasteiger partial charge in [0.25, 0.3) is 0 Å². The molecule has 0 atom stereocenters. The molecule has 9 aromatic carbocycles. The maximum atomic E-state index is 6.48. The van der Waals surface area contributed by atoms with Gasteiger partial charge in [-0.2, -0.15) is 0 Å². The monoisotopic (exact) mass is 792 g/mol. The highest BCUT2D eigenvalue weighted by Gasteiger charge is 2.22. The van der Waals surface area contributed by atoms with Gasteiger partial charge in [0.2, 0.25) is 0 Å². The van der Waals surface area contributed by atoms with Gasteiger partial charge in [0.1, 0.15) is 11.2 Å². The zero-order valence-electron chi connectivity index (χ0n) is 33.5. The first-order chi connectivity index (χ1) is 30.7. The van der Waals surface area contributed by atoms with E-state index < -0.39 is 0 Å². The molecule has 5 heteroatoms. The van der Waals surface area contributed by atoms with Crippen LogP contribution in [0.15, 0.2) is 223 Å². The molecule has 12 aromatic rings. The van der Waals surface area contributed by atoms with Crippen LogP contribution in [0, 0.1) is 0 Å². The number of benzene rings is 9. The van der Waals surface area contributed by atoms with Gasteiger partial charge in [0.15, 0.2) is 17.5 Å². The summed E-state index contributed by atoms with van der Waals surface area (Å²) in [4.78, 5) is 15.6. The fraction of sp³-hybridized carbons (Fsp3) is 0. The van der Waals surface area contributed by atoms with Crippen molar-refractivity contribution >= 4 is 43.7 Å². The SMILES string of the molecule is c1ccc(-c2ccc(-c3nc(-c4ccccc4)nc(-c4cc(-c5ccccc5)c5c6cc(-c7ccccc7)ccc6n(-c6ccc7c(c6)oc6ccccc67)c5c4)n3)cc2)cc1. The molecule has 0 saturated heterocycles. The molecule has 3 heterocycles. The molecule has 3 aromatic heterocycles. The van der Waals surface area contributed by atoms with Crippen molar-refractivity contribution < 1.29 is 4.42 Å². The molecule has 0 N–H and O–H groups in total. The Balaban J connectivity index is 1.14. The van der Waals surface area contributed by atoms with Crippen molar-refractivity contribution in [2.24, 2.45) is 0 Å². The topological polar surface area (TPSA) is 56.7 Å². The molecule has 0 aliphatic carbocycles. The number of rotatable bonds is 7. The zero-order valence-corrected chi connectivity index (χ0v) is 33.5. The Labute approximate surface area is 357 Å². The summed E-state index contributed by atoms with van der Waals surface area (Å²) in [6.45, 7) is 0. The molecule has 12 rings (SSSR count). The molecule has 290 valence electrons. The third-order valence-corrected chi connectivity index (χ3v) is 11.9. The van der Waals surface area contributed by atoms with Crippen LogP contribution in [0.25, 0.3) is 117 Å². The second-order valence-corrected chi connectivity index (χ2v) is 15.6. The van der Waals surface area contributed by atoms with Crippen molar-refractivity contribution in [2.75, 3.05) is 0 Å². The highest BCUT2D eigenvalue weighted by Crippen LogP contribution is 2.43. The number of fused-ring (bicyclic) bond motifs is 6. The lowest BCUT2D eigenvalue weighted by atomic mass is 9.95. The number of nitrogens with zero attached hydrogens (tertiary/aromatic N) is 4. The van der Waals surface area contributed by atoms with Gasteiger partial charge in [0, 0.05) is 50.0 Å². The number of hydrogen-bond donors (Lipinski definition) is 0. The fourth-order valence-electron chi connectivity index (χ4n) is 8.86. The second-order valence-electron chi connectivity index (χ2n) is 15.6. The van der Waals surface area contributed by atoms with Crippen LogP contribution in [0.2, 0.25) is 0 Å². The van der Waals surface area contributed by atoms with Gasteiger partial charge in [-0.15, -0.1) is 0 Å². The third-order valence-electron chi connectivity index (χ3n) is 11.9. The Kier molecular flexibility index (Phi) is 8.42. The van der Waals surface area contributed by atoms with Crippen molar-refractivity contribution in [1.29, 1.82) is 0 Å². The van der Waals surface area contributed by atoms with Gasteiger partial charge >= 0.3 is 0 Å². The maximum Gasteiger partial charge on any atom is 0.164 e. The lowest BCUT2D eigenvalue weighted by molar-refractivity contribution is 0.668. The van der Waals surface area contributed by atoms with Gasteiger partial charge < -0.3 is 8.98 Å². The van der Waals surface area contributed by atoms with Crippen LogP contribution in [-0.2, 0) is 0 Å². The Morgan fingerprint density at radius 3 is 1.48 bits per heavy atom. The number of para-hydroxylation sites is 1. The minimum atomic E-state index is 0.592. The zero-order chi connectivity index (χ0) is 41.0. The van der Waals surface area contributed by atoms with E-state index in [9.17, 15) is 0 Å². The van der Waals surface area contributed by atoms with Crippen molar-refractivity contribution in [1.82, 2.24) is 19.5 Å². The predicted molar refractivity (Wildman–Crippen MR) is 254 cm³/mol. The van der Waals surface area contributed by atoms with Crippen LogP contribution < -0.4 is 0 Å². The predicted octanol–water partition coefficient (Wildman–Crippen LogP) is 14.9. The van der Waals surface area contributed by atoms with E-state index in [4.69, 9.17) is 19.4 Å². The summed E-state index contributed by atoms with van der Waals surface area (Å²) in [6.07, 6.45) is 0. The van der Waals surface area contributed by atoms with Crippen molar-refractivity contribution in [3.8, 4) is 73.2 Å². The molecule has 5 nitrogen and oxygen atoms in total. The van der Waals surface area contributed by atoms with Crippen LogP contribution in [0.3, 0.4) is 0 Å². The molecular weight excluding hydrogens is 757 g/mol. The average molecular weight is 793 g/mol. The van der Waals surface area contributed by atoms with Crippen LogP contribution >= 0.6 is 0 Å². The standard InChI is InChI=1S/C57H36N4O/c1-5-15-37(16-6-1)39-25-27-42(28-26-39)56-58-55(41-21-11-4-12-22-41)59-57(60-56)44-34-48(40-19-9-3-10-20-40)54-49-33-43(38-17-7-2-8-18-38)29-32-50(49)61(51(54)35-44)45-30-31-47-46-23-13-14-24-52(46)62-53(47)36-45/h1-36H. The smallest absolute Gasteiger partial charge is 0.164 e. The molecule has 0 unspecified atom stereocenters. The minimum Gasteiger partial charge on any atom is -0.456 e. The molecular formula is C57H36N4O. The molecule has 0 spiro atoms. The van der Waals surface area contributed by atoms with Gasteiger partial charge in [-0.3, -0.25) is 0 Å². The largest absolute Gasteiger partial charge is 0.456 e. The Morgan fingerprint density at radius 1 is 0.306 bits per heavy atom. The minimum absolute atomic E-state index is 0.592. The lowest BCUT2D eigenvalue weighted by Crippen LogP contribution is -2.01. The first-order valence-electron chi connectivity index (χ1n) is 20.8. The Hall–Kier alpha value is -8.41. The van der Waals surface area contributed by atoms with E-state index >= 15 is 0 Å². The van der Waals surface area contributed by atoms with E-state index in [2.05, 4.69) is 187 Å². The quantitative estimate of drug-likeness (QED) is 0.161. The molecule has 0 aliphatic rings. The van der Waals surface area contributed by atoms with Gasteiger partial charge in [-0.05, 0) is 75.8 Å². The summed E-state index contributed by atoms with van der Waals surface area (Å²) in [7, 11) is 0. The van der Waals surface area contributed by atoms with E-state index in [0.717, 1.165) is 93.9 Å². The highest BCUT2D eigenvalue weighted by molar-refractivity contribution is 6.18. The summed E-state index contributed by atoms with van der Waals surface area (Å²) < 4.78 is 8.85. The summed E-state index contributed by atoms with van der Waals surface area (Å²) in [5, 5.41) is 4.49. The van der Waals surface area contributed by atoms with E-state index in [-0.39, 0.29) is 0 Å². The Bertz CT molecular complexity index is 3600. The summed E-state index contributed by atoms with van der Waals surface area (Å²) >= 11 is 0. The summed E-state index contributed by atoms with van der Waals surface area (Å²) in [5.41, 5.74) is 14.4. The molecule has 0 fully saturated rings. The first kappa shape index (κ1) is 35.5. The molecule has 0 aliphatic heterocycles. The van der Waals surface area contributed by atoms with Gasteiger partial charge in [-0.25, -0.2) is 15.0 Å². The van der Waals surface area contributed by atoms with E-state index in [0.29, 0.717) is 17.5 Å². The van der Waals surface area contributed by atoms with Crippen molar-refractivity contribution in [2.45, 2.75) is 0 Å². The lowest BCUT2D eigenvalue weighted by Gasteiger charge is -2.13. The van der Waals surface area contributed by atoms with E-state index in [1.54, 1.807) is 0 Å². The van der Waals surface area contributed by atoms with Crippen LogP contribution in [0.4, 0.5) is 0 Å².